The molecule has 0 atom stereocenters. The second kappa shape index (κ2) is 6.44. The summed E-state index contributed by atoms with van der Waals surface area (Å²) >= 11 is 6.68. The fourth-order valence-electron chi connectivity index (χ4n) is 1.72. The van der Waals surface area contributed by atoms with E-state index in [1.807, 2.05) is 0 Å². The van der Waals surface area contributed by atoms with Gasteiger partial charge in [-0.2, -0.15) is 0 Å². The minimum atomic E-state index is -0.562. The molecular formula is C14H11Br2FN2O2. The van der Waals surface area contributed by atoms with E-state index in [1.165, 1.54) is 13.2 Å². The Bertz CT molecular complexity index is 687. The van der Waals surface area contributed by atoms with Gasteiger partial charge in [-0.15, -0.1) is 0 Å². The van der Waals surface area contributed by atoms with Crippen LogP contribution in [0.3, 0.4) is 0 Å². The van der Waals surface area contributed by atoms with Crippen LogP contribution in [-0.4, -0.2) is 13.0 Å². The van der Waals surface area contributed by atoms with Gasteiger partial charge in [-0.1, -0.05) is 0 Å². The summed E-state index contributed by atoms with van der Waals surface area (Å²) in [5.41, 5.74) is 6.36. The van der Waals surface area contributed by atoms with Gasteiger partial charge in [0.1, 0.15) is 11.6 Å². The summed E-state index contributed by atoms with van der Waals surface area (Å²) in [5, 5.41) is 2.67. The third-order valence-corrected chi connectivity index (χ3v) is 3.95. The van der Waals surface area contributed by atoms with E-state index < -0.39 is 11.7 Å². The van der Waals surface area contributed by atoms with Crippen molar-refractivity contribution in [2.75, 3.05) is 18.2 Å². The monoisotopic (exact) mass is 416 g/mol. The normalized spacial score (nSPS) is 10.3. The number of methoxy groups -OCH3 is 1. The molecule has 2 aromatic rings. The van der Waals surface area contributed by atoms with Gasteiger partial charge in [0.15, 0.2) is 0 Å². The highest BCUT2D eigenvalue weighted by molar-refractivity contribution is 9.11. The van der Waals surface area contributed by atoms with Crippen molar-refractivity contribution >= 4 is 49.1 Å². The lowest BCUT2D eigenvalue weighted by Crippen LogP contribution is -2.13. The Kier molecular flexibility index (Phi) is 4.84. The smallest absolute Gasteiger partial charge is 0.255 e. The van der Waals surface area contributed by atoms with E-state index in [2.05, 4.69) is 37.2 Å². The molecule has 0 fully saturated rings. The van der Waals surface area contributed by atoms with E-state index in [-0.39, 0.29) is 11.3 Å². The van der Waals surface area contributed by atoms with Crippen LogP contribution in [0.15, 0.2) is 39.3 Å². The number of carbonyl (C=O) groups is 1. The van der Waals surface area contributed by atoms with Gasteiger partial charge >= 0.3 is 0 Å². The molecule has 0 saturated heterocycles. The highest BCUT2D eigenvalue weighted by Gasteiger charge is 2.13. The molecule has 21 heavy (non-hydrogen) atoms. The minimum absolute atomic E-state index is 0.140. The van der Waals surface area contributed by atoms with E-state index in [9.17, 15) is 9.18 Å². The summed E-state index contributed by atoms with van der Waals surface area (Å²) in [7, 11) is 1.52. The third-order valence-electron chi connectivity index (χ3n) is 2.67. The van der Waals surface area contributed by atoms with E-state index in [1.54, 1.807) is 12.1 Å². The molecule has 1 amide bonds. The first kappa shape index (κ1) is 15.8. The van der Waals surface area contributed by atoms with Crippen LogP contribution in [0.1, 0.15) is 10.4 Å². The highest BCUT2D eigenvalue weighted by Crippen LogP contribution is 2.34. The topological polar surface area (TPSA) is 64.3 Å². The number of nitrogen functional groups attached to an aromatic ring is 1. The Morgan fingerprint density at radius 2 is 1.90 bits per heavy atom. The molecule has 0 radical (unpaired) electrons. The first-order valence-electron chi connectivity index (χ1n) is 5.81. The average molecular weight is 418 g/mol. The molecule has 3 N–H and O–H groups in total. The third kappa shape index (κ3) is 3.74. The van der Waals surface area contributed by atoms with Crippen molar-refractivity contribution in [1.29, 1.82) is 0 Å². The Hall–Kier alpha value is -1.60. The molecular weight excluding hydrogens is 407 g/mol. The Balaban J connectivity index is 2.31. The number of anilines is 2. The predicted octanol–water partition coefficient (Wildman–Crippen LogP) is 4.19. The van der Waals surface area contributed by atoms with Crippen LogP contribution in [0.5, 0.6) is 5.75 Å². The Labute approximate surface area is 137 Å². The molecule has 0 aromatic heterocycles. The summed E-state index contributed by atoms with van der Waals surface area (Å²) in [6.07, 6.45) is 0. The molecule has 110 valence electrons. The molecule has 2 rings (SSSR count). The molecule has 0 heterocycles. The van der Waals surface area contributed by atoms with Crippen molar-refractivity contribution in [3.8, 4) is 5.75 Å². The number of hydrogen-bond donors (Lipinski definition) is 2. The molecule has 2 aromatic carbocycles. The Morgan fingerprint density at radius 1 is 1.19 bits per heavy atom. The number of rotatable bonds is 3. The van der Waals surface area contributed by atoms with Crippen molar-refractivity contribution in [2.45, 2.75) is 0 Å². The average Bonchev–Trinajstić information content (AvgIpc) is 2.40. The number of amides is 1. The van der Waals surface area contributed by atoms with E-state index >= 15 is 0 Å². The number of benzene rings is 2. The zero-order valence-electron chi connectivity index (χ0n) is 10.9. The summed E-state index contributed by atoms with van der Waals surface area (Å²) < 4.78 is 19.9. The van der Waals surface area contributed by atoms with Gasteiger partial charge in [0.25, 0.3) is 5.91 Å². The molecule has 7 heteroatoms. The number of carbonyl (C=O) groups excluding carboxylic acids is 1. The molecule has 0 bridgehead atoms. The first-order valence-corrected chi connectivity index (χ1v) is 7.39. The molecule has 0 aliphatic heterocycles. The van der Waals surface area contributed by atoms with Crippen LogP contribution in [0.25, 0.3) is 0 Å². The summed E-state index contributed by atoms with van der Waals surface area (Å²) in [6.45, 7) is 0. The van der Waals surface area contributed by atoms with Crippen molar-refractivity contribution in [2.24, 2.45) is 0 Å². The van der Waals surface area contributed by atoms with Gasteiger partial charge in [0.2, 0.25) is 0 Å². The number of halogens is 3. The van der Waals surface area contributed by atoms with Crippen molar-refractivity contribution in [3.63, 3.8) is 0 Å². The number of nitrogens with one attached hydrogen (secondary N) is 1. The largest absolute Gasteiger partial charge is 0.495 e. The molecule has 0 aliphatic carbocycles. The molecule has 0 unspecified atom stereocenters. The number of nitrogens with two attached hydrogens (primary N) is 1. The van der Waals surface area contributed by atoms with Gasteiger partial charge in [-0.05, 0) is 56.1 Å². The second-order valence-corrected chi connectivity index (χ2v) is 5.90. The van der Waals surface area contributed by atoms with Gasteiger partial charge in [-0.25, -0.2) is 4.39 Å². The van der Waals surface area contributed by atoms with Gasteiger partial charge in [-0.3, -0.25) is 4.79 Å². The SMILES string of the molecule is COc1cc(NC(=O)c2cc(N)cc(F)c2)c(Br)cc1Br. The maximum atomic E-state index is 13.3. The molecule has 4 nitrogen and oxygen atoms in total. The van der Waals surface area contributed by atoms with Gasteiger partial charge in [0, 0.05) is 21.8 Å². The zero-order chi connectivity index (χ0) is 15.6. The first-order chi connectivity index (χ1) is 9.90. The highest BCUT2D eigenvalue weighted by atomic mass is 79.9. The number of hydrogen-bond acceptors (Lipinski definition) is 3. The summed E-state index contributed by atoms with van der Waals surface area (Å²) in [4.78, 5) is 12.1. The van der Waals surface area contributed by atoms with Crippen molar-refractivity contribution in [3.05, 3.63) is 50.7 Å². The lowest BCUT2D eigenvalue weighted by atomic mass is 10.1. The van der Waals surface area contributed by atoms with Gasteiger partial charge in [0.05, 0.1) is 17.3 Å². The fourth-order valence-corrected chi connectivity index (χ4v) is 2.97. The molecule has 0 spiro atoms. The van der Waals surface area contributed by atoms with Crippen molar-refractivity contribution < 1.29 is 13.9 Å². The second-order valence-electron chi connectivity index (χ2n) is 4.19. The van der Waals surface area contributed by atoms with Crippen LogP contribution in [0, 0.1) is 5.82 Å². The fraction of sp³-hybridized carbons (Fsp3) is 0.0714. The lowest BCUT2D eigenvalue weighted by molar-refractivity contribution is 0.102. The van der Waals surface area contributed by atoms with Crippen LogP contribution in [0.2, 0.25) is 0 Å². The van der Waals surface area contributed by atoms with E-state index in [0.29, 0.717) is 15.9 Å². The lowest BCUT2D eigenvalue weighted by Gasteiger charge is -2.11. The quantitative estimate of drug-likeness (QED) is 0.735. The standard InChI is InChI=1S/C14H11Br2FN2O2/c1-21-13-6-12(10(15)5-11(13)16)19-14(20)7-2-8(17)4-9(18)3-7/h2-6H,18H2,1H3,(H,19,20). The van der Waals surface area contributed by atoms with Crippen LogP contribution in [-0.2, 0) is 0 Å². The van der Waals surface area contributed by atoms with Crippen molar-refractivity contribution in [1.82, 2.24) is 0 Å². The zero-order valence-corrected chi connectivity index (χ0v) is 14.1. The number of ether oxygens (including phenoxy) is 1. The van der Waals surface area contributed by atoms with Crippen LogP contribution >= 0.6 is 31.9 Å². The maximum Gasteiger partial charge on any atom is 0.255 e. The Morgan fingerprint density at radius 3 is 2.52 bits per heavy atom. The van der Waals surface area contributed by atoms with Crippen LogP contribution in [0.4, 0.5) is 15.8 Å². The molecule has 0 aliphatic rings. The molecule has 0 saturated carbocycles. The maximum absolute atomic E-state index is 13.3. The van der Waals surface area contributed by atoms with E-state index in [0.717, 1.165) is 16.6 Å². The minimum Gasteiger partial charge on any atom is -0.495 e. The van der Waals surface area contributed by atoms with E-state index in [4.69, 9.17) is 10.5 Å². The summed E-state index contributed by atoms with van der Waals surface area (Å²) in [5.74, 6) is -0.467. The van der Waals surface area contributed by atoms with Gasteiger partial charge < -0.3 is 15.8 Å². The van der Waals surface area contributed by atoms with Crippen LogP contribution < -0.4 is 15.8 Å². The predicted molar refractivity (Wildman–Crippen MR) is 87.2 cm³/mol. The summed E-state index contributed by atoms with van der Waals surface area (Å²) in [6, 6.07) is 7.07.